The number of anilines is 1. The SMILES string of the molecule is COc1cc(C(=O)N2c3ccccc3CCC2CN(C)C)on1. The van der Waals surface area contributed by atoms with Gasteiger partial charge < -0.3 is 19.1 Å². The van der Waals surface area contributed by atoms with Crippen molar-refractivity contribution in [3.63, 3.8) is 0 Å². The zero-order chi connectivity index (χ0) is 16.4. The minimum atomic E-state index is -0.181. The van der Waals surface area contributed by atoms with Crippen molar-refractivity contribution in [3.05, 3.63) is 41.7 Å². The Morgan fingerprint density at radius 2 is 2.22 bits per heavy atom. The third-order valence-corrected chi connectivity index (χ3v) is 4.07. The number of rotatable bonds is 4. The van der Waals surface area contributed by atoms with Crippen molar-refractivity contribution in [1.82, 2.24) is 10.1 Å². The lowest BCUT2D eigenvalue weighted by atomic mass is 9.95. The van der Waals surface area contributed by atoms with Crippen LogP contribution in [0.2, 0.25) is 0 Å². The largest absolute Gasteiger partial charge is 0.479 e. The van der Waals surface area contributed by atoms with Gasteiger partial charge in [0.05, 0.1) is 19.2 Å². The number of aryl methyl sites for hydroxylation is 1. The van der Waals surface area contributed by atoms with Crippen molar-refractivity contribution in [2.75, 3.05) is 32.6 Å². The molecule has 1 unspecified atom stereocenters. The summed E-state index contributed by atoms with van der Waals surface area (Å²) in [6.07, 6.45) is 1.89. The Balaban J connectivity index is 1.98. The summed E-state index contributed by atoms with van der Waals surface area (Å²) in [6.45, 7) is 0.797. The van der Waals surface area contributed by atoms with Crippen LogP contribution in [0.5, 0.6) is 5.88 Å². The highest BCUT2D eigenvalue weighted by Crippen LogP contribution is 2.32. The van der Waals surface area contributed by atoms with Crippen LogP contribution in [0.15, 0.2) is 34.9 Å². The maximum absolute atomic E-state index is 13.0. The molecule has 3 rings (SSSR count). The first kappa shape index (κ1) is 15.6. The number of fused-ring (bicyclic) bond motifs is 1. The summed E-state index contributed by atoms with van der Waals surface area (Å²) in [5.41, 5.74) is 2.13. The molecule has 0 saturated heterocycles. The molecule has 1 aromatic heterocycles. The van der Waals surface area contributed by atoms with E-state index in [9.17, 15) is 4.79 Å². The predicted octanol–water partition coefficient (Wildman–Crippen LogP) is 2.21. The van der Waals surface area contributed by atoms with Crippen molar-refractivity contribution in [3.8, 4) is 5.88 Å². The molecule has 0 aliphatic carbocycles. The van der Waals surface area contributed by atoms with Crippen molar-refractivity contribution < 1.29 is 14.1 Å². The third-order valence-electron chi connectivity index (χ3n) is 4.07. The Morgan fingerprint density at radius 3 is 2.91 bits per heavy atom. The van der Waals surface area contributed by atoms with E-state index in [0.717, 1.165) is 25.1 Å². The number of aromatic nitrogens is 1. The second kappa shape index (κ2) is 6.42. The summed E-state index contributed by atoms with van der Waals surface area (Å²) >= 11 is 0. The zero-order valence-electron chi connectivity index (χ0n) is 13.7. The molecule has 1 aliphatic heterocycles. The molecule has 0 radical (unpaired) electrons. The van der Waals surface area contributed by atoms with Gasteiger partial charge in [-0.25, -0.2) is 0 Å². The van der Waals surface area contributed by atoms with Gasteiger partial charge in [0.25, 0.3) is 11.8 Å². The van der Waals surface area contributed by atoms with Crippen LogP contribution in [-0.2, 0) is 6.42 Å². The third kappa shape index (κ3) is 3.07. The maximum Gasteiger partial charge on any atom is 0.297 e. The van der Waals surface area contributed by atoms with Crippen molar-refractivity contribution in [2.45, 2.75) is 18.9 Å². The highest BCUT2D eigenvalue weighted by Gasteiger charge is 2.33. The number of carbonyl (C=O) groups is 1. The number of hydrogen-bond donors (Lipinski definition) is 0. The van der Waals surface area contributed by atoms with Crippen LogP contribution in [0.25, 0.3) is 0 Å². The number of ether oxygens (including phenoxy) is 1. The lowest BCUT2D eigenvalue weighted by molar-refractivity contribution is 0.0932. The molecule has 2 heterocycles. The van der Waals surface area contributed by atoms with Crippen LogP contribution >= 0.6 is 0 Å². The minimum Gasteiger partial charge on any atom is -0.479 e. The number of hydrogen-bond acceptors (Lipinski definition) is 5. The first-order valence-corrected chi connectivity index (χ1v) is 7.67. The molecule has 122 valence electrons. The fourth-order valence-electron chi connectivity index (χ4n) is 3.05. The molecule has 6 nitrogen and oxygen atoms in total. The van der Waals surface area contributed by atoms with Crippen LogP contribution in [0.3, 0.4) is 0 Å². The average molecular weight is 315 g/mol. The predicted molar refractivity (Wildman–Crippen MR) is 87.0 cm³/mol. The topological polar surface area (TPSA) is 58.8 Å². The van der Waals surface area contributed by atoms with Gasteiger partial charge in [-0.3, -0.25) is 4.79 Å². The molecular formula is C17H21N3O3. The van der Waals surface area contributed by atoms with Gasteiger partial charge in [-0.1, -0.05) is 18.2 Å². The molecule has 1 aromatic carbocycles. The second-order valence-electron chi connectivity index (χ2n) is 5.99. The molecule has 0 fully saturated rings. The Labute approximate surface area is 135 Å². The molecule has 1 amide bonds. The van der Waals surface area contributed by atoms with Gasteiger partial charge in [0.1, 0.15) is 0 Å². The second-order valence-corrected chi connectivity index (χ2v) is 5.99. The van der Waals surface area contributed by atoms with E-state index in [1.165, 1.54) is 18.7 Å². The number of nitrogens with zero attached hydrogens (tertiary/aromatic N) is 3. The zero-order valence-corrected chi connectivity index (χ0v) is 13.7. The number of carbonyl (C=O) groups excluding carboxylic acids is 1. The van der Waals surface area contributed by atoms with Crippen LogP contribution in [0.4, 0.5) is 5.69 Å². The van der Waals surface area contributed by atoms with Gasteiger partial charge in [0.2, 0.25) is 5.76 Å². The summed E-state index contributed by atoms with van der Waals surface area (Å²) in [6, 6.07) is 9.66. The van der Waals surface area contributed by atoms with E-state index < -0.39 is 0 Å². The van der Waals surface area contributed by atoms with E-state index >= 15 is 0 Å². The first-order valence-electron chi connectivity index (χ1n) is 7.67. The van der Waals surface area contributed by atoms with Gasteiger partial charge in [-0.05, 0) is 43.7 Å². The molecule has 0 bridgehead atoms. The smallest absolute Gasteiger partial charge is 0.297 e. The van der Waals surface area contributed by atoms with Crippen LogP contribution in [0, 0.1) is 0 Å². The van der Waals surface area contributed by atoms with Gasteiger partial charge in [-0.15, -0.1) is 0 Å². The molecule has 6 heteroatoms. The van der Waals surface area contributed by atoms with E-state index in [1.807, 2.05) is 37.2 Å². The van der Waals surface area contributed by atoms with Gasteiger partial charge in [0.15, 0.2) is 0 Å². The number of methoxy groups -OCH3 is 1. The molecule has 1 aliphatic rings. The molecule has 2 aromatic rings. The van der Waals surface area contributed by atoms with Crippen molar-refractivity contribution >= 4 is 11.6 Å². The van der Waals surface area contributed by atoms with Crippen LogP contribution in [0.1, 0.15) is 22.5 Å². The molecule has 0 spiro atoms. The number of amides is 1. The molecule has 23 heavy (non-hydrogen) atoms. The summed E-state index contributed by atoms with van der Waals surface area (Å²) in [5.74, 6) is 0.324. The van der Waals surface area contributed by atoms with Gasteiger partial charge in [0, 0.05) is 12.2 Å². The standard InChI is InChI=1S/C17H21N3O3/c1-19(2)11-13-9-8-12-6-4-5-7-14(12)20(13)17(21)15-10-16(22-3)18-23-15/h4-7,10,13H,8-9,11H2,1-3H3. The highest BCUT2D eigenvalue weighted by atomic mass is 16.5. The van der Waals surface area contributed by atoms with E-state index in [2.05, 4.69) is 16.1 Å². The van der Waals surface area contributed by atoms with Gasteiger partial charge in [-0.2, -0.15) is 0 Å². The molecule has 0 saturated carbocycles. The average Bonchev–Trinajstić information content (AvgIpc) is 3.02. The van der Waals surface area contributed by atoms with E-state index in [1.54, 1.807) is 0 Å². The Bertz CT molecular complexity index is 696. The number of likely N-dealkylation sites (N-methyl/N-ethyl adjacent to an activating group) is 1. The van der Waals surface area contributed by atoms with Crippen LogP contribution < -0.4 is 9.64 Å². The van der Waals surface area contributed by atoms with Gasteiger partial charge >= 0.3 is 0 Å². The maximum atomic E-state index is 13.0. The molecule has 0 N–H and O–H groups in total. The Kier molecular flexibility index (Phi) is 4.34. The lowest BCUT2D eigenvalue weighted by Crippen LogP contribution is -2.48. The Morgan fingerprint density at radius 1 is 1.43 bits per heavy atom. The van der Waals surface area contributed by atoms with E-state index in [0.29, 0.717) is 5.88 Å². The highest BCUT2D eigenvalue weighted by molar-refractivity contribution is 6.05. The summed E-state index contributed by atoms with van der Waals surface area (Å²) in [5, 5.41) is 3.74. The van der Waals surface area contributed by atoms with Crippen LogP contribution in [-0.4, -0.2) is 49.8 Å². The minimum absolute atomic E-state index is 0.100. The molecule has 1 atom stereocenters. The summed E-state index contributed by atoms with van der Waals surface area (Å²) in [7, 11) is 5.53. The van der Waals surface area contributed by atoms with E-state index in [-0.39, 0.29) is 17.7 Å². The molecular weight excluding hydrogens is 294 g/mol. The number of benzene rings is 1. The first-order chi connectivity index (χ1) is 11.1. The summed E-state index contributed by atoms with van der Waals surface area (Å²) in [4.78, 5) is 16.9. The Hall–Kier alpha value is -2.34. The van der Waals surface area contributed by atoms with E-state index in [4.69, 9.17) is 9.26 Å². The lowest BCUT2D eigenvalue weighted by Gasteiger charge is -2.38. The number of para-hydroxylation sites is 1. The normalized spacial score (nSPS) is 17.2. The van der Waals surface area contributed by atoms with Crippen molar-refractivity contribution in [1.29, 1.82) is 0 Å². The monoisotopic (exact) mass is 315 g/mol. The fraction of sp³-hybridized carbons (Fsp3) is 0.412. The van der Waals surface area contributed by atoms with Crippen molar-refractivity contribution in [2.24, 2.45) is 0 Å². The quantitative estimate of drug-likeness (QED) is 0.866. The fourth-order valence-corrected chi connectivity index (χ4v) is 3.05. The summed E-state index contributed by atoms with van der Waals surface area (Å²) < 4.78 is 10.2.